The Morgan fingerprint density at radius 3 is 2.78 bits per heavy atom. The number of rotatable bonds is 3. The van der Waals surface area contributed by atoms with Gasteiger partial charge in [-0.15, -0.1) is 0 Å². The Morgan fingerprint density at radius 2 is 2.22 bits per heavy atom. The molecule has 98 valence electrons. The van der Waals surface area contributed by atoms with Crippen LogP contribution in [0.15, 0.2) is 22.7 Å². The number of amidine groups is 1. The topological polar surface area (TPSA) is 53.1 Å². The molecule has 1 aliphatic heterocycles. The number of hydrogen-bond donors (Lipinski definition) is 2. The van der Waals surface area contributed by atoms with E-state index in [4.69, 9.17) is 11.1 Å². The van der Waals surface area contributed by atoms with Gasteiger partial charge in [-0.25, -0.2) is 0 Å². The zero-order valence-corrected chi connectivity index (χ0v) is 12.5. The molecular formula is C14H20BrN3. The molecule has 0 spiro atoms. The minimum absolute atomic E-state index is 0.115. The maximum atomic E-state index is 7.47. The number of hydrogen-bond acceptors (Lipinski definition) is 2. The highest BCUT2D eigenvalue weighted by molar-refractivity contribution is 9.10. The fourth-order valence-corrected chi connectivity index (χ4v) is 3.37. The van der Waals surface area contributed by atoms with Crippen LogP contribution >= 0.6 is 15.9 Å². The van der Waals surface area contributed by atoms with Crippen LogP contribution in [-0.4, -0.2) is 17.9 Å². The molecule has 0 radical (unpaired) electrons. The van der Waals surface area contributed by atoms with E-state index in [2.05, 4.69) is 40.7 Å². The number of anilines is 1. The van der Waals surface area contributed by atoms with Crippen LogP contribution in [-0.2, 0) is 0 Å². The molecule has 18 heavy (non-hydrogen) atoms. The van der Waals surface area contributed by atoms with Gasteiger partial charge in [-0.05, 0) is 60.3 Å². The van der Waals surface area contributed by atoms with Crippen molar-refractivity contribution < 1.29 is 0 Å². The molecule has 2 atom stereocenters. The third kappa shape index (κ3) is 2.39. The van der Waals surface area contributed by atoms with Crippen molar-refractivity contribution in [1.82, 2.24) is 0 Å². The molecule has 2 rings (SSSR count). The molecule has 1 aliphatic rings. The number of halogens is 1. The van der Waals surface area contributed by atoms with E-state index in [1.54, 1.807) is 0 Å². The number of nitrogens with zero attached hydrogens (tertiary/aromatic N) is 1. The second-order valence-corrected chi connectivity index (χ2v) is 5.83. The normalized spacial score (nSPS) is 23.4. The summed E-state index contributed by atoms with van der Waals surface area (Å²) in [5, 5.41) is 7.47. The molecule has 0 amide bonds. The molecule has 0 saturated carbocycles. The Balaban J connectivity index is 2.35. The van der Waals surface area contributed by atoms with Crippen LogP contribution < -0.4 is 10.6 Å². The van der Waals surface area contributed by atoms with Crippen LogP contribution in [0.25, 0.3) is 0 Å². The van der Waals surface area contributed by atoms with E-state index in [9.17, 15) is 0 Å². The van der Waals surface area contributed by atoms with Gasteiger partial charge < -0.3 is 10.6 Å². The molecule has 0 aliphatic carbocycles. The van der Waals surface area contributed by atoms with E-state index in [1.807, 2.05) is 12.1 Å². The zero-order chi connectivity index (χ0) is 13.3. The van der Waals surface area contributed by atoms with Crippen LogP contribution in [0.1, 0.15) is 38.7 Å². The van der Waals surface area contributed by atoms with Crippen LogP contribution in [0.4, 0.5) is 5.69 Å². The first-order valence-corrected chi connectivity index (χ1v) is 7.26. The third-order valence-electron chi connectivity index (χ3n) is 3.79. The van der Waals surface area contributed by atoms with Gasteiger partial charge in [0.05, 0.1) is 5.69 Å². The average Bonchev–Trinajstić information content (AvgIpc) is 2.70. The van der Waals surface area contributed by atoms with Crippen LogP contribution in [0.2, 0.25) is 0 Å². The smallest absolute Gasteiger partial charge is 0.122 e. The van der Waals surface area contributed by atoms with Crippen molar-refractivity contribution in [3.05, 3.63) is 28.2 Å². The summed E-state index contributed by atoms with van der Waals surface area (Å²) >= 11 is 3.62. The van der Waals surface area contributed by atoms with E-state index < -0.39 is 0 Å². The Morgan fingerprint density at radius 1 is 1.50 bits per heavy atom. The van der Waals surface area contributed by atoms with Gasteiger partial charge in [0.25, 0.3) is 0 Å². The predicted octanol–water partition coefficient (Wildman–Crippen LogP) is 3.50. The molecule has 4 heteroatoms. The van der Waals surface area contributed by atoms with Crippen molar-refractivity contribution in [2.45, 2.75) is 45.2 Å². The lowest BCUT2D eigenvalue weighted by molar-refractivity contribution is 0.627. The first-order valence-electron chi connectivity index (χ1n) is 6.46. The number of nitrogens with one attached hydrogen (secondary N) is 1. The third-order valence-corrected chi connectivity index (χ3v) is 4.43. The van der Waals surface area contributed by atoms with Crippen molar-refractivity contribution >= 4 is 27.5 Å². The number of nitrogen functional groups attached to an aromatic ring is 1. The van der Waals surface area contributed by atoms with Gasteiger partial charge in [-0.1, -0.05) is 6.92 Å². The molecule has 1 heterocycles. The highest BCUT2D eigenvalue weighted by Crippen LogP contribution is 2.36. The van der Waals surface area contributed by atoms with Crippen molar-refractivity contribution in [1.29, 1.82) is 5.41 Å². The van der Waals surface area contributed by atoms with Gasteiger partial charge in [-0.2, -0.15) is 0 Å². The average molecular weight is 310 g/mol. The predicted molar refractivity (Wildman–Crippen MR) is 80.4 cm³/mol. The molecule has 1 aromatic rings. The molecule has 0 bridgehead atoms. The molecule has 1 fully saturated rings. The first kappa shape index (κ1) is 13.4. The summed E-state index contributed by atoms with van der Waals surface area (Å²) in [7, 11) is 0. The fraction of sp³-hybridized carbons (Fsp3) is 0.500. The Kier molecular flexibility index (Phi) is 3.95. The zero-order valence-electron chi connectivity index (χ0n) is 10.9. The van der Waals surface area contributed by atoms with Gasteiger partial charge in [0, 0.05) is 22.1 Å². The lowest BCUT2D eigenvalue weighted by atomic mass is 10.1. The minimum atomic E-state index is 0.115. The Bertz CT molecular complexity index is 458. The van der Waals surface area contributed by atoms with Gasteiger partial charge >= 0.3 is 0 Å². The van der Waals surface area contributed by atoms with Crippen molar-refractivity contribution in [2.24, 2.45) is 5.73 Å². The molecule has 1 aromatic carbocycles. The van der Waals surface area contributed by atoms with E-state index in [0.717, 1.165) is 10.0 Å². The van der Waals surface area contributed by atoms with Crippen molar-refractivity contribution in [2.75, 3.05) is 4.90 Å². The van der Waals surface area contributed by atoms with E-state index >= 15 is 0 Å². The van der Waals surface area contributed by atoms with Crippen molar-refractivity contribution in [3.8, 4) is 0 Å². The molecule has 3 nitrogen and oxygen atoms in total. The van der Waals surface area contributed by atoms with Crippen LogP contribution in [0.3, 0.4) is 0 Å². The van der Waals surface area contributed by atoms with Gasteiger partial charge in [0.15, 0.2) is 0 Å². The summed E-state index contributed by atoms with van der Waals surface area (Å²) in [5.41, 5.74) is 7.50. The van der Waals surface area contributed by atoms with Crippen LogP contribution in [0, 0.1) is 5.41 Å². The number of benzene rings is 1. The highest BCUT2D eigenvalue weighted by Gasteiger charge is 2.30. The monoisotopic (exact) mass is 309 g/mol. The Hall–Kier alpha value is -1.03. The summed E-state index contributed by atoms with van der Waals surface area (Å²) in [5.74, 6) is 0.115. The highest BCUT2D eigenvalue weighted by atomic mass is 79.9. The van der Waals surface area contributed by atoms with Crippen molar-refractivity contribution in [3.63, 3.8) is 0 Å². The fourth-order valence-electron chi connectivity index (χ4n) is 2.79. The minimum Gasteiger partial charge on any atom is -0.384 e. The quantitative estimate of drug-likeness (QED) is 0.663. The number of nitrogens with two attached hydrogens (primary N) is 1. The summed E-state index contributed by atoms with van der Waals surface area (Å²) in [4.78, 5) is 2.49. The van der Waals surface area contributed by atoms with E-state index in [0.29, 0.717) is 12.1 Å². The maximum Gasteiger partial charge on any atom is 0.122 e. The largest absolute Gasteiger partial charge is 0.384 e. The summed E-state index contributed by atoms with van der Waals surface area (Å²) in [6.45, 7) is 4.52. The Labute approximate surface area is 117 Å². The van der Waals surface area contributed by atoms with Gasteiger partial charge in [0.1, 0.15) is 5.84 Å². The standard InChI is InChI=1S/C14H20BrN3/c1-3-11-6-4-9(2)18(11)13-7-5-10(14(16)17)8-12(13)15/h5,7-9,11H,3-4,6H2,1-2H3,(H3,16,17). The van der Waals surface area contributed by atoms with Crippen LogP contribution in [0.5, 0.6) is 0 Å². The van der Waals surface area contributed by atoms with Gasteiger partial charge in [-0.3, -0.25) is 5.41 Å². The lowest BCUT2D eigenvalue weighted by Crippen LogP contribution is -2.34. The molecule has 3 N–H and O–H groups in total. The summed E-state index contributed by atoms with van der Waals surface area (Å²) in [6.07, 6.45) is 3.68. The first-order chi connectivity index (χ1) is 8.54. The summed E-state index contributed by atoms with van der Waals surface area (Å²) < 4.78 is 1.03. The lowest BCUT2D eigenvalue weighted by Gasteiger charge is -2.31. The molecular weight excluding hydrogens is 290 g/mol. The maximum absolute atomic E-state index is 7.47. The van der Waals surface area contributed by atoms with Gasteiger partial charge in [0.2, 0.25) is 0 Å². The van der Waals surface area contributed by atoms with E-state index in [-0.39, 0.29) is 5.84 Å². The second kappa shape index (κ2) is 5.31. The van der Waals surface area contributed by atoms with E-state index in [1.165, 1.54) is 24.9 Å². The SMILES string of the molecule is CCC1CCC(C)N1c1ccc(C(=N)N)cc1Br. The second-order valence-electron chi connectivity index (χ2n) is 4.98. The molecule has 2 unspecified atom stereocenters. The summed E-state index contributed by atoms with van der Waals surface area (Å²) in [6, 6.07) is 7.15. The molecule has 0 aromatic heterocycles. The molecule has 1 saturated heterocycles.